The molecule has 0 aliphatic heterocycles. The maximum absolute atomic E-state index is 6.55. The fourth-order valence-electron chi connectivity index (χ4n) is 6.00. The third kappa shape index (κ3) is 4.03. The van der Waals surface area contributed by atoms with Crippen LogP contribution in [0, 0.1) is 0 Å². The van der Waals surface area contributed by atoms with Gasteiger partial charge in [-0.1, -0.05) is 121 Å². The molecule has 0 N–H and O–H groups in total. The summed E-state index contributed by atoms with van der Waals surface area (Å²) in [5.41, 5.74) is 9.34. The van der Waals surface area contributed by atoms with Gasteiger partial charge in [0.25, 0.3) is 0 Å². The highest BCUT2D eigenvalue weighted by molar-refractivity contribution is 6.19. The quantitative estimate of drug-likeness (QED) is 0.218. The molecule has 3 nitrogen and oxygen atoms in total. The third-order valence-corrected chi connectivity index (χ3v) is 7.93. The van der Waals surface area contributed by atoms with E-state index in [4.69, 9.17) is 9.40 Å². The molecule has 42 heavy (non-hydrogen) atoms. The Labute approximate surface area is 243 Å². The van der Waals surface area contributed by atoms with Crippen molar-refractivity contribution < 1.29 is 4.42 Å². The number of pyridine rings is 1. The first kappa shape index (κ1) is 24.2. The first-order chi connectivity index (χ1) is 20.8. The van der Waals surface area contributed by atoms with Crippen molar-refractivity contribution in [1.82, 2.24) is 4.98 Å². The van der Waals surface area contributed by atoms with Crippen LogP contribution in [0.4, 0.5) is 17.1 Å². The summed E-state index contributed by atoms with van der Waals surface area (Å²) in [5, 5.41) is 4.36. The van der Waals surface area contributed by atoms with Gasteiger partial charge in [-0.05, 0) is 46.3 Å². The summed E-state index contributed by atoms with van der Waals surface area (Å²) < 4.78 is 6.55. The van der Waals surface area contributed by atoms with Crippen LogP contribution in [-0.2, 0) is 0 Å². The second kappa shape index (κ2) is 10.1. The Morgan fingerprint density at radius 1 is 0.500 bits per heavy atom. The summed E-state index contributed by atoms with van der Waals surface area (Å²) in [5.74, 6) is 0. The lowest BCUT2D eigenvalue weighted by atomic mass is 10.00. The van der Waals surface area contributed by atoms with Crippen molar-refractivity contribution in [2.75, 3.05) is 4.90 Å². The molecule has 3 heteroatoms. The molecule has 8 rings (SSSR count). The number of nitrogens with zero attached hydrogens (tertiary/aromatic N) is 2. The second-order valence-electron chi connectivity index (χ2n) is 10.4. The van der Waals surface area contributed by atoms with Crippen molar-refractivity contribution in [2.24, 2.45) is 0 Å². The van der Waals surface area contributed by atoms with Gasteiger partial charge >= 0.3 is 0 Å². The van der Waals surface area contributed by atoms with Crippen LogP contribution in [0.25, 0.3) is 55.0 Å². The lowest BCUT2D eigenvalue weighted by molar-refractivity contribution is 0.670. The molecule has 0 fully saturated rings. The van der Waals surface area contributed by atoms with E-state index in [0.717, 1.165) is 66.5 Å². The minimum atomic E-state index is 0.764. The molecule has 0 atom stereocenters. The summed E-state index contributed by atoms with van der Waals surface area (Å²) in [4.78, 5) is 7.04. The second-order valence-corrected chi connectivity index (χ2v) is 10.4. The van der Waals surface area contributed by atoms with Crippen LogP contribution in [0.3, 0.4) is 0 Å². The lowest BCUT2D eigenvalue weighted by Crippen LogP contribution is -2.12. The summed E-state index contributed by atoms with van der Waals surface area (Å²) in [6.45, 7) is 0. The Balaban J connectivity index is 1.44. The zero-order valence-electron chi connectivity index (χ0n) is 22.8. The molecular formula is C39H26N2O. The van der Waals surface area contributed by atoms with Crippen molar-refractivity contribution in [1.29, 1.82) is 0 Å². The first-order valence-corrected chi connectivity index (χ1v) is 14.1. The number of hydrogen-bond acceptors (Lipinski definition) is 3. The van der Waals surface area contributed by atoms with Crippen LogP contribution in [0.1, 0.15) is 0 Å². The summed E-state index contributed by atoms with van der Waals surface area (Å²) >= 11 is 0. The number of furan rings is 1. The van der Waals surface area contributed by atoms with Crippen LogP contribution in [-0.4, -0.2) is 4.98 Å². The van der Waals surface area contributed by atoms with Crippen LogP contribution < -0.4 is 4.90 Å². The van der Waals surface area contributed by atoms with E-state index in [1.165, 1.54) is 5.56 Å². The standard InChI is InChI=1S/C39H26N2O/c1-3-12-27(13-4-1)30-17-11-18-31(24-30)41(35-21-10-9-19-32(35)28-14-5-2-6-15-28)36-25-40-26-37-38(36)34-23-22-29-16-7-8-20-33(29)39(34)42-37/h1-26H. The maximum Gasteiger partial charge on any atom is 0.155 e. The molecule has 0 amide bonds. The van der Waals surface area contributed by atoms with Crippen LogP contribution in [0.15, 0.2) is 162 Å². The molecule has 0 radical (unpaired) electrons. The minimum Gasteiger partial charge on any atom is -0.454 e. The number of benzene rings is 6. The van der Waals surface area contributed by atoms with Crippen LogP contribution in [0.2, 0.25) is 0 Å². The van der Waals surface area contributed by atoms with Gasteiger partial charge in [0.05, 0.1) is 29.2 Å². The Morgan fingerprint density at radius 2 is 1.21 bits per heavy atom. The molecule has 0 bridgehead atoms. The molecule has 0 spiro atoms. The van der Waals surface area contributed by atoms with Gasteiger partial charge < -0.3 is 9.32 Å². The van der Waals surface area contributed by atoms with Gasteiger partial charge in [0.15, 0.2) is 5.58 Å². The molecule has 6 aromatic carbocycles. The Hall–Kier alpha value is -5.67. The van der Waals surface area contributed by atoms with E-state index >= 15 is 0 Å². The lowest BCUT2D eigenvalue weighted by Gasteiger charge is -2.28. The largest absolute Gasteiger partial charge is 0.454 e. The molecular weight excluding hydrogens is 512 g/mol. The number of aromatic nitrogens is 1. The van der Waals surface area contributed by atoms with Gasteiger partial charge in [0.1, 0.15) is 5.58 Å². The molecule has 0 unspecified atom stereocenters. The van der Waals surface area contributed by atoms with Gasteiger partial charge in [-0.2, -0.15) is 0 Å². The smallest absolute Gasteiger partial charge is 0.155 e. The molecule has 2 heterocycles. The van der Waals surface area contributed by atoms with Crippen molar-refractivity contribution >= 4 is 49.8 Å². The molecule has 0 aliphatic carbocycles. The predicted molar refractivity (Wildman–Crippen MR) is 175 cm³/mol. The number of anilines is 3. The highest BCUT2D eigenvalue weighted by atomic mass is 16.3. The van der Waals surface area contributed by atoms with Gasteiger partial charge in [0, 0.05) is 22.0 Å². The van der Waals surface area contributed by atoms with Gasteiger partial charge in [-0.25, -0.2) is 0 Å². The number of fused-ring (bicyclic) bond motifs is 5. The highest BCUT2D eigenvalue weighted by Gasteiger charge is 2.23. The van der Waals surface area contributed by atoms with E-state index in [0.29, 0.717) is 0 Å². The molecule has 2 aromatic heterocycles. The van der Waals surface area contributed by atoms with Crippen LogP contribution in [0.5, 0.6) is 0 Å². The number of hydrogen-bond donors (Lipinski definition) is 0. The highest BCUT2D eigenvalue weighted by Crippen LogP contribution is 2.46. The monoisotopic (exact) mass is 538 g/mol. The Morgan fingerprint density at radius 3 is 2.07 bits per heavy atom. The summed E-state index contributed by atoms with van der Waals surface area (Å²) in [6.07, 6.45) is 3.79. The molecule has 0 saturated carbocycles. The van der Waals surface area contributed by atoms with Crippen LogP contribution >= 0.6 is 0 Å². The Kier molecular flexibility index (Phi) is 5.79. The maximum atomic E-state index is 6.55. The van der Waals surface area contributed by atoms with E-state index in [-0.39, 0.29) is 0 Å². The van der Waals surface area contributed by atoms with Gasteiger partial charge in [0.2, 0.25) is 0 Å². The topological polar surface area (TPSA) is 29.3 Å². The normalized spacial score (nSPS) is 11.3. The zero-order chi connectivity index (χ0) is 27.9. The summed E-state index contributed by atoms with van der Waals surface area (Å²) in [6, 6.07) is 51.1. The number of para-hydroxylation sites is 1. The van der Waals surface area contributed by atoms with E-state index in [1.54, 1.807) is 0 Å². The predicted octanol–water partition coefficient (Wildman–Crippen LogP) is 10.9. The van der Waals surface area contributed by atoms with E-state index in [1.807, 2.05) is 12.4 Å². The molecule has 0 saturated heterocycles. The van der Waals surface area contributed by atoms with Crippen molar-refractivity contribution in [2.45, 2.75) is 0 Å². The average Bonchev–Trinajstić information content (AvgIpc) is 3.46. The zero-order valence-corrected chi connectivity index (χ0v) is 22.8. The SMILES string of the molecule is c1ccc(-c2cccc(N(c3ccccc3-c3ccccc3)c3cncc4oc5c6ccccc6ccc5c34)c2)cc1. The first-order valence-electron chi connectivity index (χ1n) is 14.1. The molecule has 8 aromatic rings. The molecule has 0 aliphatic rings. The van der Waals surface area contributed by atoms with Crippen molar-refractivity contribution in [3.8, 4) is 22.3 Å². The van der Waals surface area contributed by atoms with Crippen molar-refractivity contribution in [3.05, 3.63) is 158 Å². The Bertz CT molecular complexity index is 2200. The third-order valence-electron chi connectivity index (χ3n) is 7.93. The fourth-order valence-corrected chi connectivity index (χ4v) is 6.00. The fraction of sp³-hybridized carbons (Fsp3) is 0. The average molecular weight is 539 g/mol. The number of rotatable bonds is 5. The molecule has 198 valence electrons. The van der Waals surface area contributed by atoms with E-state index in [2.05, 4.69) is 150 Å². The summed E-state index contributed by atoms with van der Waals surface area (Å²) in [7, 11) is 0. The van der Waals surface area contributed by atoms with Gasteiger partial charge in [-0.3, -0.25) is 4.98 Å². The van der Waals surface area contributed by atoms with Gasteiger partial charge in [-0.15, -0.1) is 0 Å². The van der Waals surface area contributed by atoms with E-state index < -0.39 is 0 Å². The van der Waals surface area contributed by atoms with E-state index in [9.17, 15) is 0 Å². The van der Waals surface area contributed by atoms with Crippen molar-refractivity contribution in [3.63, 3.8) is 0 Å². The minimum absolute atomic E-state index is 0.764.